The molecule has 0 unspecified atom stereocenters. The first kappa shape index (κ1) is 8.60. The predicted octanol–water partition coefficient (Wildman–Crippen LogP) is 3.38. The zero-order chi connectivity index (χ0) is 9.26. The van der Waals surface area contributed by atoms with Crippen LogP contribution in [0.4, 0.5) is 0 Å². The second kappa shape index (κ2) is 3.40. The van der Waals surface area contributed by atoms with Gasteiger partial charge in [0.15, 0.2) is 0 Å². The van der Waals surface area contributed by atoms with Crippen molar-refractivity contribution in [1.82, 2.24) is 9.97 Å². The van der Waals surface area contributed by atoms with Gasteiger partial charge in [0.25, 0.3) is 0 Å². The van der Waals surface area contributed by atoms with Gasteiger partial charge in [0.05, 0.1) is 10.0 Å². The van der Waals surface area contributed by atoms with Gasteiger partial charge < -0.3 is 4.98 Å². The number of hydrogen-bond acceptors (Lipinski definition) is 1. The molecule has 2 aromatic rings. The summed E-state index contributed by atoms with van der Waals surface area (Å²) in [7, 11) is 0. The molecule has 1 N–H and O–H groups in total. The van der Waals surface area contributed by atoms with Crippen molar-refractivity contribution in [3.05, 3.63) is 40.6 Å². The number of nitrogens with zero attached hydrogens (tertiary/aromatic N) is 1. The first-order valence-electron chi connectivity index (χ1n) is 3.72. The van der Waals surface area contributed by atoms with E-state index in [0.717, 1.165) is 11.4 Å². The van der Waals surface area contributed by atoms with Gasteiger partial charge in [0.1, 0.15) is 5.82 Å². The quantitative estimate of drug-likeness (QED) is 0.772. The van der Waals surface area contributed by atoms with Crippen LogP contribution in [0.1, 0.15) is 0 Å². The van der Waals surface area contributed by atoms with Crippen LogP contribution in [-0.4, -0.2) is 9.97 Å². The summed E-state index contributed by atoms with van der Waals surface area (Å²) in [5, 5.41) is 1.09. The lowest BCUT2D eigenvalue weighted by molar-refractivity contribution is 1.31. The molecule has 1 aromatic carbocycles. The van der Waals surface area contributed by atoms with Gasteiger partial charge in [-0.3, -0.25) is 0 Å². The zero-order valence-electron chi connectivity index (χ0n) is 6.59. The molecular weight excluding hydrogens is 207 g/mol. The Hall–Kier alpha value is -0.990. The topological polar surface area (TPSA) is 28.7 Å². The highest BCUT2D eigenvalue weighted by atomic mass is 35.5. The van der Waals surface area contributed by atoms with Gasteiger partial charge in [-0.1, -0.05) is 23.2 Å². The lowest BCUT2D eigenvalue weighted by Crippen LogP contribution is -1.80. The molecule has 4 heteroatoms. The largest absolute Gasteiger partial charge is 0.345 e. The van der Waals surface area contributed by atoms with E-state index >= 15 is 0 Å². The van der Waals surface area contributed by atoms with E-state index in [2.05, 4.69) is 9.97 Å². The molecule has 0 aliphatic heterocycles. The van der Waals surface area contributed by atoms with Crippen LogP contribution in [0.2, 0.25) is 10.0 Å². The van der Waals surface area contributed by atoms with Crippen molar-refractivity contribution in [2.24, 2.45) is 0 Å². The standard InChI is InChI=1S/C9H6Cl2N2/c10-7-2-1-6(5-8(7)11)9-12-3-4-13-9/h1-5H,(H,12,13). The summed E-state index contributed by atoms with van der Waals surface area (Å²) < 4.78 is 0. The Balaban J connectivity index is 2.49. The summed E-state index contributed by atoms with van der Waals surface area (Å²) in [4.78, 5) is 7.09. The van der Waals surface area contributed by atoms with Gasteiger partial charge >= 0.3 is 0 Å². The molecule has 0 saturated carbocycles. The third-order valence-corrected chi connectivity index (χ3v) is 2.43. The molecule has 0 aliphatic rings. The number of halogens is 2. The number of hydrogen-bond donors (Lipinski definition) is 1. The van der Waals surface area contributed by atoms with E-state index in [0.29, 0.717) is 10.0 Å². The molecule has 1 heterocycles. The zero-order valence-corrected chi connectivity index (χ0v) is 8.10. The van der Waals surface area contributed by atoms with Crippen molar-refractivity contribution < 1.29 is 0 Å². The molecule has 1 aromatic heterocycles. The number of benzene rings is 1. The lowest BCUT2D eigenvalue weighted by Gasteiger charge is -1.98. The van der Waals surface area contributed by atoms with E-state index in [1.807, 2.05) is 6.07 Å². The number of nitrogens with one attached hydrogen (secondary N) is 1. The van der Waals surface area contributed by atoms with Crippen molar-refractivity contribution in [1.29, 1.82) is 0 Å². The fourth-order valence-corrected chi connectivity index (χ4v) is 1.36. The van der Waals surface area contributed by atoms with Crippen molar-refractivity contribution >= 4 is 23.2 Å². The Morgan fingerprint density at radius 3 is 2.62 bits per heavy atom. The molecule has 0 bridgehead atoms. The van der Waals surface area contributed by atoms with Crippen molar-refractivity contribution in [2.45, 2.75) is 0 Å². The van der Waals surface area contributed by atoms with Crippen LogP contribution in [0.5, 0.6) is 0 Å². The fraction of sp³-hybridized carbons (Fsp3) is 0. The summed E-state index contributed by atoms with van der Waals surface area (Å²) in [6.07, 6.45) is 3.45. The Morgan fingerprint density at radius 1 is 1.15 bits per heavy atom. The van der Waals surface area contributed by atoms with Crippen LogP contribution in [0.25, 0.3) is 11.4 Å². The summed E-state index contributed by atoms with van der Waals surface area (Å²) >= 11 is 11.6. The monoisotopic (exact) mass is 212 g/mol. The third kappa shape index (κ3) is 1.69. The minimum absolute atomic E-state index is 0.538. The minimum atomic E-state index is 0.538. The average Bonchev–Trinajstić information content (AvgIpc) is 2.62. The Morgan fingerprint density at radius 2 is 2.00 bits per heavy atom. The van der Waals surface area contributed by atoms with E-state index < -0.39 is 0 Å². The normalized spacial score (nSPS) is 10.3. The Kier molecular flexibility index (Phi) is 2.25. The van der Waals surface area contributed by atoms with Crippen LogP contribution >= 0.6 is 23.2 Å². The highest BCUT2D eigenvalue weighted by Crippen LogP contribution is 2.26. The summed E-state index contributed by atoms with van der Waals surface area (Å²) in [5.74, 6) is 0.790. The van der Waals surface area contributed by atoms with Crippen molar-refractivity contribution in [3.8, 4) is 11.4 Å². The molecule has 0 aliphatic carbocycles. The molecule has 66 valence electrons. The second-order valence-electron chi connectivity index (χ2n) is 2.57. The summed E-state index contributed by atoms with van der Waals surface area (Å²) in [5.41, 5.74) is 0.930. The van der Waals surface area contributed by atoms with Gasteiger partial charge in [-0.15, -0.1) is 0 Å². The molecule has 0 amide bonds. The molecular formula is C9H6Cl2N2. The molecule has 0 atom stereocenters. The number of imidazole rings is 1. The maximum atomic E-state index is 5.86. The molecule has 0 fully saturated rings. The average molecular weight is 213 g/mol. The SMILES string of the molecule is Clc1ccc(-c2ncc[nH]2)cc1Cl. The first-order chi connectivity index (χ1) is 6.27. The third-order valence-electron chi connectivity index (χ3n) is 1.69. The number of aromatic nitrogens is 2. The first-order valence-corrected chi connectivity index (χ1v) is 4.48. The van der Waals surface area contributed by atoms with Crippen LogP contribution < -0.4 is 0 Å². The van der Waals surface area contributed by atoms with Gasteiger partial charge in [-0.05, 0) is 18.2 Å². The van der Waals surface area contributed by atoms with Gasteiger partial charge in [-0.2, -0.15) is 0 Å². The number of H-pyrrole nitrogens is 1. The van der Waals surface area contributed by atoms with Gasteiger partial charge in [-0.25, -0.2) is 4.98 Å². The Bertz CT molecular complexity index is 410. The van der Waals surface area contributed by atoms with Crippen LogP contribution in [0.15, 0.2) is 30.6 Å². The highest BCUT2D eigenvalue weighted by Gasteiger charge is 2.02. The number of aromatic amines is 1. The Labute approximate surface area is 85.5 Å². The number of rotatable bonds is 1. The molecule has 0 radical (unpaired) electrons. The fourth-order valence-electron chi connectivity index (χ4n) is 1.07. The predicted molar refractivity (Wildman–Crippen MR) is 54.0 cm³/mol. The molecule has 13 heavy (non-hydrogen) atoms. The van der Waals surface area contributed by atoms with E-state index in [1.165, 1.54) is 0 Å². The van der Waals surface area contributed by atoms with E-state index in [9.17, 15) is 0 Å². The van der Waals surface area contributed by atoms with E-state index in [1.54, 1.807) is 24.5 Å². The summed E-state index contributed by atoms with van der Waals surface area (Å²) in [6, 6.07) is 5.40. The molecule has 0 saturated heterocycles. The maximum absolute atomic E-state index is 5.86. The van der Waals surface area contributed by atoms with E-state index in [4.69, 9.17) is 23.2 Å². The van der Waals surface area contributed by atoms with Crippen molar-refractivity contribution in [2.75, 3.05) is 0 Å². The smallest absolute Gasteiger partial charge is 0.137 e. The molecule has 2 nitrogen and oxygen atoms in total. The van der Waals surface area contributed by atoms with E-state index in [-0.39, 0.29) is 0 Å². The highest BCUT2D eigenvalue weighted by molar-refractivity contribution is 6.42. The minimum Gasteiger partial charge on any atom is -0.345 e. The molecule has 2 rings (SSSR count). The molecule has 0 spiro atoms. The summed E-state index contributed by atoms with van der Waals surface area (Å²) in [6.45, 7) is 0. The van der Waals surface area contributed by atoms with Gasteiger partial charge in [0, 0.05) is 18.0 Å². The van der Waals surface area contributed by atoms with Crippen LogP contribution in [-0.2, 0) is 0 Å². The van der Waals surface area contributed by atoms with Crippen LogP contribution in [0, 0.1) is 0 Å². The maximum Gasteiger partial charge on any atom is 0.137 e. The van der Waals surface area contributed by atoms with Gasteiger partial charge in [0.2, 0.25) is 0 Å². The second-order valence-corrected chi connectivity index (χ2v) is 3.38. The van der Waals surface area contributed by atoms with Crippen LogP contribution in [0.3, 0.4) is 0 Å². The lowest BCUT2D eigenvalue weighted by atomic mass is 10.2. The van der Waals surface area contributed by atoms with Crippen molar-refractivity contribution in [3.63, 3.8) is 0 Å².